The summed E-state index contributed by atoms with van der Waals surface area (Å²) in [4.78, 5) is 32.6. The van der Waals surface area contributed by atoms with Crippen molar-refractivity contribution in [2.75, 3.05) is 27.3 Å². The standard InChI is InChI=1S/C37H38Cl2N8O4/c1-50-36-21(15-40-17-23-10-13-31(48)43-23)9-12-30(45-36)28-8-4-7-27(34(28)39)26-6-3-5-25(33(26)38)22-16-42-35-29(37(51-2)46-47(35)20-22)19-41-18-24-11-14-32(49)44-24/h3-9,12,16,20,23-24,40-41H,10-11,13-15,17-19H2,1-2H3,(H,43,48)(H,44,49)/t23-,24-/m1/s1. The maximum atomic E-state index is 11.6. The van der Waals surface area contributed by atoms with Crippen molar-refractivity contribution >= 4 is 40.7 Å². The Morgan fingerprint density at radius 2 is 1.41 bits per heavy atom. The number of carbonyl (C=O) groups is 2. The van der Waals surface area contributed by atoms with E-state index in [1.54, 1.807) is 24.9 Å². The van der Waals surface area contributed by atoms with E-state index in [4.69, 9.17) is 42.6 Å². The topological polar surface area (TPSA) is 144 Å². The summed E-state index contributed by atoms with van der Waals surface area (Å²) in [6, 6.07) is 15.7. The fraction of sp³-hybridized carbons (Fsp3) is 0.324. The molecule has 0 saturated carbocycles. The van der Waals surface area contributed by atoms with Gasteiger partial charge in [-0.15, -0.1) is 5.10 Å². The molecule has 7 rings (SSSR count). The average Bonchev–Trinajstić information content (AvgIpc) is 3.86. The van der Waals surface area contributed by atoms with Gasteiger partial charge < -0.3 is 30.7 Å². The molecule has 0 spiro atoms. The number of hydrogen-bond donors (Lipinski definition) is 4. The number of methoxy groups -OCH3 is 2. The average molecular weight is 730 g/mol. The molecule has 264 valence electrons. The van der Waals surface area contributed by atoms with Gasteiger partial charge in [-0.1, -0.05) is 65.7 Å². The van der Waals surface area contributed by atoms with E-state index in [1.807, 2.05) is 54.7 Å². The predicted molar refractivity (Wildman–Crippen MR) is 196 cm³/mol. The second-order valence-electron chi connectivity index (χ2n) is 12.7. The summed E-state index contributed by atoms with van der Waals surface area (Å²) in [6.45, 7) is 2.35. The largest absolute Gasteiger partial charge is 0.481 e. The smallest absolute Gasteiger partial charge is 0.239 e. The molecule has 3 aromatic heterocycles. The SMILES string of the molecule is COc1nc(-c2cccc(-c3cccc(-c4cnc5c(CNC[C@H]6CCC(=O)N6)c(OC)nn5c4)c3Cl)c2Cl)ccc1CNC[C@H]1CCC(=O)N1. The zero-order valence-corrected chi connectivity index (χ0v) is 29.8. The van der Waals surface area contributed by atoms with Crippen molar-refractivity contribution in [2.45, 2.75) is 50.9 Å². The number of nitrogens with zero attached hydrogens (tertiary/aromatic N) is 4. The number of hydrogen-bond acceptors (Lipinski definition) is 9. The van der Waals surface area contributed by atoms with Crippen LogP contribution in [-0.4, -0.2) is 70.8 Å². The molecule has 2 fully saturated rings. The summed E-state index contributed by atoms with van der Waals surface area (Å²) in [5.74, 6) is 1.15. The monoisotopic (exact) mass is 728 g/mol. The molecular formula is C37H38Cl2N8O4. The van der Waals surface area contributed by atoms with Crippen LogP contribution in [0.15, 0.2) is 60.9 Å². The minimum absolute atomic E-state index is 0.0864. The first-order valence-electron chi connectivity index (χ1n) is 16.9. The summed E-state index contributed by atoms with van der Waals surface area (Å²) < 4.78 is 12.9. The van der Waals surface area contributed by atoms with Crippen molar-refractivity contribution in [1.29, 1.82) is 0 Å². The third-order valence-electron chi connectivity index (χ3n) is 9.30. The van der Waals surface area contributed by atoms with Gasteiger partial charge >= 0.3 is 0 Å². The number of halogens is 2. The second-order valence-corrected chi connectivity index (χ2v) is 13.4. The summed E-state index contributed by atoms with van der Waals surface area (Å²) >= 11 is 14.2. The lowest BCUT2D eigenvalue weighted by molar-refractivity contribution is -0.120. The molecule has 2 amide bonds. The van der Waals surface area contributed by atoms with Crippen molar-refractivity contribution in [3.8, 4) is 45.3 Å². The van der Waals surface area contributed by atoms with Crippen LogP contribution in [0.2, 0.25) is 10.0 Å². The number of rotatable bonds is 13. The molecule has 2 aliphatic rings. The van der Waals surface area contributed by atoms with Gasteiger partial charge in [-0.3, -0.25) is 9.59 Å². The number of ether oxygens (including phenoxy) is 2. The zero-order chi connectivity index (χ0) is 35.5. The van der Waals surface area contributed by atoms with Gasteiger partial charge in [-0.25, -0.2) is 14.5 Å². The molecule has 0 bridgehead atoms. The summed E-state index contributed by atoms with van der Waals surface area (Å²) in [5.41, 5.74) is 6.84. The molecule has 2 atom stereocenters. The molecule has 2 saturated heterocycles. The van der Waals surface area contributed by atoms with Gasteiger partial charge in [-0.05, 0) is 18.9 Å². The van der Waals surface area contributed by atoms with Gasteiger partial charge in [0.25, 0.3) is 0 Å². The number of carbonyl (C=O) groups excluding carboxylic acids is 2. The Kier molecular flexibility index (Phi) is 10.4. The maximum Gasteiger partial charge on any atom is 0.239 e. The van der Waals surface area contributed by atoms with Crippen LogP contribution in [0, 0.1) is 0 Å². The Bertz CT molecular complexity index is 2110. The Morgan fingerprint density at radius 1 is 0.804 bits per heavy atom. The molecule has 0 unspecified atom stereocenters. The van der Waals surface area contributed by atoms with Gasteiger partial charge in [0.2, 0.25) is 23.6 Å². The molecular weight excluding hydrogens is 691 g/mol. The zero-order valence-electron chi connectivity index (χ0n) is 28.3. The summed E-state index contributed by atoms with van der Waals surface area (Å²) in [6.07, 6.45) is 6.43. The fourth-order valence-corrected chi connectivity index (χ4v) is 7.33. The van der Waals surface area contributed by atoms with Crippen molar-refractivity contribution in [3.05, 3.63) is 82.1 Å². The number of pyridine rings is 1. The maximum absolute atomic E-state index is 11.6. The lowest BCUT2D eigenvalue weighted by atomic mass is 9.97. The molecule has 12 nitrogen and oxygen atoms in total. The molecule has 2 aromatic carbocycles. The van der Waals surface area contributed by atoms with Gasteiger partial charge in [-0.2, -0.15) is 0 Å². The van der Waals surface area contributed by atoms with Crippen LogP contribution in [0.4, 0.5) is 0 Å². The van der Waals surface area contributed by atoms with Crippen molar-refractivity contribution in [3.63, 3.8) is 0 Å². The molecule has 5 aromatic rings. The summed E-state index contributed by atoms with van der Waals surface area (Å²) in [7, 11) is 3.18. The minimum Gasteiger partial charge on any atom is -0.481 e. The van der Waals surface area contributed by atoms with E-state index in [0.717, 1.165) is 51.8 Å². The van der Waals surface area contributed by atoms with E-state index in [0.29, 0.717) is 72.2 Å². The normalized spacial score (nSPS) is 17.2. The molecule has 5 heterocycles. The van der Waals surface area contributed by atoms with Crippen LogP contribution >= 0.6 is 23.2 Å². The predicted octanol–water partition coefficient (Wildman–Crippen LogP) is 5.19. The van der Waals surface area contributed by atoms with Crippen molar-refractivity contribution in [1.82, 2.24) is 40.8 Å². The lowest BCUT2D eigenvalue weighted by Crippen LogP contribution is -2.35. The van der Waals surface area contributed by atoms with Crippen LogP contribution in [0.25, 0.3) is 39.2 Å². The molecule has 51 heavy (non-hydrogen) atoms. The molecule has 0 radical (unpaired) electrons. The fourth-order valence-electron chi connectivity index (χ4n) is 6.66. The van der Waals surface area contributed by atoms with Crippen LogP contribution in [-0.2, 0) is 22.7 Å². The Labute approximate surface area is 305 Å². The number of fused-ring (bicyclic) bond motifs is 1. The quantitative estimate of drug-likeness (QED) is 0.129. The highest BCUT2D eigenvalue weighted by Gasteiger charge is 2.23. The van der Waals surface area contributed by atoms with Gasteiger partial charge in [0.05, 0.1) is 35.5 Å². The molecule has 2 aliphatic heterocycles. The van der Waals surface area contributed by atoms with Crippen molar-refractivity contribution < 1.29 is 19.1 Å². The van der Waals surface area contributed by atoms with Crippen molar-refractivity contribution in [2.24, 2.45) is 0 Å². The summed E-state index contributed by atoms with van der Waals surface area (Å²) in [5, 5.41) is 18.4. The Morgan fingerprint density at radius 3 is 2.04 bits per heavy atom. The van der Waals surface area contributed by atoms with E-state index in [-0.39, 0.29) is 23.9 Å². The molecule has 0 aliphatic carbocycles. The first-order valence-corrected chi connectivity index (χ1v) is 17.6. The lowest BCUT2D eigenvalue weighted by Gasteiger charge is -2.15. The number of aromatic nitrogens is 4. The Hall–Kier alpha value is -4.75. The van der Waals surface area contributed by atoms with Crippen LogP contribution in [0.3, 0.4) is 0 Å². The highest BCUT2D eigenvalue weighted by Crippen LogP contribution is 2.42. The minimum atomic E-state index is 0.0864. The van der Waals surface area contributed by atoms with E-state index >= 15 is 0 Å². The third kappa shape index (κ3) is 7.36. The number of nitrogens with one attached hydrogen (secondary N) is 4. The number of amides is 2. The Balaban J connectivity index is 1.12. The van der Waals surface area contributed by atoms with Crippen LogP contribution < -0.4 is 30.7 Å². The van der Waals surface area contributed by atoms with E-state index < -0.39 is 0 Å². The third-order valence-corrected chi connectivity index (χ3v) is 10.1. The van der Waals surface area contributed by atoms with Crippen LogP contribution in [0.1, 0.15) is 36.8 Å². The van der Waals surface area contributed by atoms with E-state index in [9.17, 15) is 9.59 Å². The van der Waals surface area contributed by atoms with Gasteiger partial charge in [0.1, 0.15) is 0 Å². The first-order chi connectivity index (χ1) is 24.8. The highest BCUT2D eigenvalue weighted by atomic mass is 35.5. The first kappa shape index (κ1) is 34.7. The van der Waals surface area contributed by atoms with E-state index in [2.05, 4.69) is 26.4 Å². The second kappa shape index (κ2) is 15.2. The molecule has 14 heteroatoms. The van der Waals surface area contributed by atoms with E-state index in [1.165, 1.54) is 0 Å². The van der Waals surface area contributed by atoms with Gasteiger partial charge in [0.15, 0.2) is 5.65 Å². The van der Waals surface area contributed by atoms with Crippen LogP contribution in [0.5, 0.6) is 11.8 Å². The molecule has 4 N–H and O–H groups in total. The van der Waals surface area contributed by atoms with Gasteiger partial charge in [0, 0.05) is 96.9 Å². The highest BCUT2D eigenvalue weighted by molar-refractivity contribution is 6.39. The number of benzene rings is 2.